The van der Waals surface area contributed by atoms with Gasteiger partial charge in [-0.05, 0) is 36.2 Å². The van der Waals surface area contributed by atoms with Gasteiger partial charge >= 0.3 is 0 Å². The van der Waals surface area contributed by atoms with Gasteiger partial charge in [-0.2, -0.15) is 0 Å². The Bertz CT molecular complexity index is 1330. The molecule has 0 aliphatic carbocycles. The highest BCUT2D eigenvalue weighted by Crippen LogP contribution is 2.34. The summed E-state index contributed by atoms with van der Waals surface area (Å²) in [5.74, 6) is 0.251. The smallest absolute Gasteiger partial charge is 0.263 e. The number of aryl methyl sites for hydroxylation is 1. The molecule has 3 heterocycles. The van der Waals surface area contributed by atoms with Gasteiger partial charge in [0.05, 0.1) is 9.80 Å². The average Bonchev–Trinajstić information content (AvgIpc) is 3.23. The number of thioether (sulfide) groups is 1. The molecule has 0 radical (unpaired) electrons. The minimum Gasteiger partial charge on any atom is -0.456 e. The number of fused-ring (bicyclic) bond motifs is 1. The van der Waals surface area contributed by atoms with Gasteiger partial charge in [0.1, 0.15) is 15.7 Å². The second kappa shape index (κ2) is 7.95. The molecule has 1 aromatic carbocycles. The Morgan fingerprint density at radius 1 is 1.30 bits per heavy atom. The van der Waals surface area contributed by atoms with Crippen molar-refractivity contribution in [2.75, 3.05) is 6.54 Å². The SMILES string of the molecule is CCNS(=O)(=O)c1ccc(-c2cncc3cc(/C=C4\SC(=S)NC4=O)oc23)cc1C. The Balaban J connectivity index is 1.76. The molecular weight excluding hydrogens is 442 g/mol. The van der Waals surface area contributed by atoms with Gasteiger partial charge in [-0.1, -0.05) is 37.0 Å². The minimum absolute atomic E-state index is 0.235. The summed E-state index contributed by atoms with van der Waals surface area (Å²) >= 11 is 6.19. The van der Waals surface area contributed by atoms with E-state index in [-0.39, 0.29) is 10.8 Å². The number of rotatable bonds is 5. The topological polar surface area (TPSA) is 101 Å². The molecule has 154 valence electrons. The van der Waals surface area contributed by atoms with Crippen LogP contribution in [0.4, 0.5) is 0 Å². The molecule has 30 heavy (non-hydrogen) atoms. The predicted molar refractivity (Wildman–Crippen MR) is 121 cm³/mol. The van der Waals surface area contributed by atoms with Crippen molar-refractivity contribution in [1.29, 1.82) is 0 Å². The summed E-state index contributed by atoms with van der Waals surface area (Å²) in [7, 11) is -3.55. The van der Waals surface area contributed by atoms with Crippen LogP contribution in [0.5, 0.6) is 0 Å². The van der Waals surface area contributed by atoms with Gasteiger partial charge in [0.25, 0.3) is 5.91 Å². The van der Waals surface area contributed by atoms with E-state index in [1.807, 2.05) is 0 Å². The normalized spacial score (nSPS) is 15.9. The molecule has 0 bridgehead atoms. The van der Waals surface area contributed by atoms with E-state index in [9.17, 15) is 13.2 Å². The number of nitrogens with zero attached hydrogens (tertiary/aromatic N) is 1. The summed E-state index contributed by atoms with van der Waals surface area (Å²) in [6.45, 7) is 3.80. The van der Waals surface area contributed by atoms with Crippen LogP contribution in [-0.2, 0) is 14.8 Å². The van der Waals surface area contributed by atoms with Gasteiger partial charge in [0, 0.05) is 36.0 Å². The molecule has 2 aromatic heterocycles. The highest BCUT2D eigenvalue weighted by molar-refractivity contribution is 8.26. The van der Waals surface area contributed by atoms with E-state index in [4.69, 9.17) is 16.6 Å². The molecule has 0 atom stereocenters. The largest absolute Gasteiger partial charge is 0.456 e. The van der Waals surface area contributed by atoms with Crippen molar-refractivity contribution in [2.24, 2.45) is 0 Å². The zero-order valence-electron chi connectivity index (χ0n) is 16.1. The average molecular weight is 460 g/mol. The second-order valence-electron chi connectivity index (χ2n) is 6.59. The lowest BCUT2D eigenvalue weighted by molar-refractivity contribution is -0.115. The lowest BCUT2D eigenvalue weighted by atomic mass is 10.0. The van der Waals surface area contributed by atoms with E-state index in [2.05, 4.69) is 15.0 Å². The molecule has 7 nitrogen and oxygen atoms in total. The Morgan fingerprint density at radius 2 is 2.10 bits per heavy atom. The summed E-state index contributed by atoms with van der Waals surface area (Å²) < 4.78 is 33.6. The van der Waals surface area contributed by atoms with Crippen LogP contribution in [0.15, 0.2) is 50.9 Å². The monoisotopic (exact) mass is 459 g/mol. The number of pyridine rings is 1. The third-order valence-corrected chi connectivity index (χ3v) is 7.34. The van der Waals surface area contributed by atoms with E-state index < -0.39 is 10.0 Å². The number of amides is 1. The van der Waals surface area contributed by atoms with Crippen LogP contribution in [0.25, 0.3) is 28.2 Å². The summed E-state index contributed by atoms with van der Waals surface area (Å²) in [5.41, 5.74) is 2.73. The fourth-order valence-electron chi connectivity index (χ4n) is 3.20. The third kappa shape index (κ3) is 3.91. The number of aromatic nitrogens is 1. The minimum atomic E-state index is -3.55. The third-order valence-electron chi connectivity index (χ3n) is 4.47. The number of carbonyl (C=O) groups is 1. The quantitative estimate of drug-likeness (QED) is 0.444. The number of hydrogen-bond donors (Lipinski definition) is 2. The number of hydrogen-bond acceptors (Lipinski definition) is 7. The van der Waals surface area contributed by atoms with Gasteiger partial charge in [0.2, 0.25) is 10.0 Å². The van der Waals surface area contributed by atoms with Crippen LogP contribution < -0.4 is 10.0 Å². The van der Waals surface area contributed by atoms with E-state index in [1.54, 1.807) is 56.6 Å². The van der Waals surface area contributed by atoms with Crippen LogP contribution in [0.3, 0.4) is 0 Å². The van der Waals surface area contributed by atoms with E-state index >= 15 is 0 Å². The highest BCUT2D eigenvalue weighted by Gasteiger charge is 2.23. The number of thiocarbonyl (C=S) groups is 1. The fraction of sp³-hybridized carbons (Fsp3) is 0.150. The van der Waals surface area contributed by atoms with Crippen LogP contribution in [0, 0.1) is 6.92 Å². The van der Waals surface area contributed by atoms with E-state index in [1.165, 1.54) is 11.8 Å². The zero-order valence-corrected chi connectivity index (χ0v) is 18.5. The molecule has 1 fully saturated rings. The van der Waals surface area contributed by atoms with Crippen molar-refractivity contribution >= 4 is 61.3 Å². The van der Waals surface area contributed by atoms with Gasteiger partial charge in [-0.3, -0.25) is 9.78 Å². The molecule has 0 saturated carbocycles. The molecule has 3 aromatic rings. The van der Waals surface area contributed by atoms with Crippen LogP contribution in [0.1, 0.15) is 18.2 Å². The van der Waals surface area contributed by atoms with E-state index in [0.717, 1.165) is 16.5 Å². The van der Waals surface area contributed by atoms with Crippen LogP contribution in [0.2, 0.25) is 0 Å². The number of sulfonamides is 1. The Morgan fingerprint density at radius 3 is 2.77 bits per heavy atom. The maximum absolute atomic E-state index is 12.3. The first-order chi connectivity index (χ1) is 14.3. The zero-order chi connectivity index (χ0) is 21.5. The number of nitrogens with one attached hydrogen (secondary N) is 2. The van der Waals surface area contributed by atoms with Gasteiger partial charge in [-0.15, -0.1) is 0 Å². The summed E-state index contributed by atoms with van der Waals surface area (Å²) in [6.07, 6.45) is 4.98. The first-order valence-corrected chi connectivity index (χ1v) is 11.7. The molecular formula is C20H17N3O4S3. The summed E-state index contributed by atoms with van der Waals surface area (Å²) in [4.78, 5) is 16.9. The number of carbonyl (C=O) groups excluding carboxylic acids is 1. The van der Waals surface area contributed by atoms with Crippen molar-refractivity contribution < 1.29 is 17.6 Å². The van der Waals surface area contributed by atoms with Crippen molar-refractivity contribution in [3.63, 3.8) is 0 Å². The lowest BCUT2D eigenvalue weighted by Gasteiger charge is -2.10. The van der Waals surface area contributed by atoms with Crippen molar-refractivity contribution in [2.45, 2.75) is 18.7 Å². The standard InChI is InChI=1S/C20H17N3O4S3/c1-3-22-30(25,26)17-5-4-12(6-11(17)2)15-10-21-9-13-7-14(27-18(13)15)8-16-19(24)23-20(28)29-16/h4-10,22H,3H2,1-2H3,(H,23,24,28)/b16-8-. The maximum Gasteiger partial charge on any atom is 0.263 e. The Hall–Kier alpha value is -2.53. The molecule has 0 spiro atoms. The summed E-state index contributed by atoms with van der Waals surface area (Å²) in [6, 6.07) is 6.89. The van der Waals surface area contributed by atoms with E-state index in [0.29, 0.717) is 32.7 Å². The van der Waals surface area contributed by atoms with Gasteiger partial charge in [0.15, 0.2) is 0 Å². The Labute approximate surface area is 183 Å². The second-order valence-corrected chi connectivity index (χ2v) is 10.0. The van der Waals surface area contributed by atoms with Gasteiger partial charge in [-0.25, -0.2) is 13.1 Å². The van der Waals surface area contributed by atoms with Crippen molar-refractivity contribution in [1.82, 2.24) is 15.0 Å². The Kier molecular flexibility index (Phi) is 5.49. The first kappa shape index (κ1) is 20.7. The molecule has 1 aliphatic heterocycles. The number of furan rings is 1. The first-order valence-electron chi connectivity index (χ1n) is 9.01. The fourth-order valence-corrected chi connectivity index (χ4v) is 5.49. The molecule has 0 unspecified atom stereocenters. The lowest BCUT2D eigenvalue weighted by Crippen LogP contribution is -2.23. The molecule has 1 aliphatic rings. The predicted octanol–water partition coefficient (Wildman–Crippen LogP) is 3.59. The number of benzene rings is 1. The molecule has 4 rings (SSSR count). The molecule has 1 saturated heterocycles. The van der Waals surface area contributed by atoms with Crippen LogP contribution >= 0.6 is 24.0 Å². The molecule has 1 amide bonds. The molecule has 10 heteroatoms. The van der Waals surface area contributed by atoms with Crippen molar-refractivity contribution in [3.8, 4) is 11.1 Å². The van der Waals surface area contributed by atoms with Crippen LogP contribution in [-0.4, -0.2) is 30.2 Å². The highest BCUT2D eigenvalue weighted by atomic mass is 32.2. The maximum atomic E-state index is 12.3. The summed E-state index contributed by atoms with van der Waals surface area (Å²) in [5, 5.41) is 3.34. The van der Waals surface area contributed by atoms with Crippen molar-refractivity contribution in [3.05, 3.63) is 52.9 Å². The molecule has 2 N–H and O–H groups in total. The van der Waals surface area contributed by atoms with Gasteiger partial charge < -0.3 is 9.73 Å².